The maximum Gasteiger partial charge on any atom is 0.268 e. The second-order valence-corrected chi connectivity index (χ2v) is 11.0. The van der Waals surface area contributed by atoms with E-state index in [0.29, 0.717) is 34.1 Å². The molecule has 7 nitrogen and oxygen atoms in total. The number of benzene rings is 1. The summed E-state index contributed by atoms with van der Waals surface area (Å²) in [7, 11) is 0. The summed E-state index contributed by atoms with van der Waals surface area (Å²) in [5.41, 5.74) is 3.00. The smallest absolute Gasteiger partial charge is 0.268 e. The van der Waals surface area contributed by atoms with Crippen LogP contribution in [0.15, 0.2) is 47.0 Å². The molecular weight excluding hydrogens is 484 g/mol. The normalized spacial score (nSPS) is 15.3. The molecule has 5 rings (SSSR count). The first kappa shape index (κ1) is 24.1. The molecule has 9 heteroatoms. The molecule has 0 radical (unpaired) electrons. The number of amides is 1. The Labute approximate surface area is 213 Å². The Bertz CT molecular complexity index is 1330. The van der Waals surface area contributed by atoms with Crippen molar-refractivity contribution in [1.29, 1.82) is 0 Å². The van der Waals surface area contributed by atoms with Gasteiger partial charge in [0.05, 0.1) is 22.4 Å². The highest BCUT2D eigenvalue weighted by Gasteiger charge is 2.25. The van der Waals surface area contributed by atoms with E-state index in [1.807, 2.05) is 47.0 Å². The number of rotatable bonds is 7. The molecule has 0 unspecified atom stereocenters. The SMILES string of the molecule is CC(C)N1CCC(NC(=O)c2cc3cc(CO)ccc3n2Cc2cc(-c3ccc(Cl)s3)on2)CC1. The molecule has 0 atom stereocenters. The average molecular weight is 513 g/mol. The second kappa shape index (κ2) is 10.1. The summed E-state index contributed by atoms with van der Waals surface area (Å²) in [5, 5.41) is 18.0. The van der Waals surface area contributed by atoms with E-state index in [1.165, 1.54) is 11.3 Å². The van der Waals surface area contributed by atoms with Crippen LogP contribution >= 0.6 is 22.9 Å². The molecule has 4 aromatic rings. The first-order chi connectivity index (χ1) is 16.9. The molecule has 1 aliphatic rings. The number of aromatic nitrogens is 2. The van der Waals surface area contributed by atoms with Crippen molar-refractivity contribution in [2.24, 2.45) is 0 Å². The second-order valence-electron chi connectivity index (χ2n) is 9.33. The number of halogens is 1. The summed E-state index contributed by atoms with van der Waals surface area (Å²) in [5.74, 6) is 0.558. The minimum atomic E-state index is -0.0940. The van der Waals surface area contributed by atoms with Gasteiger partial charge in [-0.3, -0.25) is 4.79 Å². The number of fused-ring (bicyclic) bond motifs is 1. The van der Waals surface area contributed by atoms with Gasteiger partial charge in [0.15, 0.2) is 5.76 Å². The number of likely N-dealkylation sites (tertiary alicyclic amines) is 1. The number of carbonyl (C=O) groups excluding carboxylic acids is 1. The number of aliphatic hydroxyl groups excluding tert-OH is 1. The number of nitrogens with zero attached hydrogens (tertiary/aromatic N) is 3. The van der Waals surface area contributed by atoms with Crippen molar-refractivity contribution in [2.45, 2.75) is 51.9 Å². The molecular formula is C26H29ClN4O3S. The quantitative estimate of drug-likeness (QED) is 0.357. The van der Waals surface area contributed by atoms with Crippen molar-refractivity contribution in [2.75, 3.05) is 13.1 Å². The van der Waals surface area contributed by atoms with E-state index in [4.69, 9.17) is 16.1 Å². The van der Waals surface area contributed by atoms with Gasteiger partial charge in [-0.05, 0) is 62.6 Å². The Balaban J connectivity index is 1.41. The maximum absolute atomic E-state index is 13.4. The van der Waals surface area contributed by atoms with Crippen LogP contribution in [0.3, 0.4) is 0 Å². The summed E-state index contributed by atoms with van der Waals surface area (Å²) in [6, 6.07) is 13.9. The topological polar surface area (TPSA) is 83.5 Å². The fraction of sp³-hybridized carbons (Fsp3) is 0.385. The Morgan fingerprint density at radius 3 is 2.71 bits per heavy atom. The van der Waals surface area contributed by atoms with Gasteiger partial charge in [0.25, 0.3) is 5.91 Å². The monoisotopic (exact) mass is 512 g/mol. The molecule has 1 saturated heterocycles. The molecule has 0 aliphatic carbocycles. The number of carbonyl (C=O) groups is 1. The van der Waals surface area contributed by atoms with Crippen molar-refractivity contribution < 1.29 is 14.4 Å². The highest BCUT2D eigenvalue weighted by molar-refractivity contribution is 7.19. The lowest BCUT2D eigenvalue weighted by Crippen LogP contribution is -2.46. The summed E-state index contributed by atoms with van der Waals surface area (Å²) in [6.07, 6.45) is 1.88. The van der Waals surface area contributed by atoms with Crippen LogP contribution < -0.4 is 5.32 Å². The van der Waals surface area contributed by atoms with Crippen LogP contribution in [0, 0.1) is 0 Å². The molecule has 184 valence electrons. The maximum atomic E-state index is 13.4. The predicted molar refractivity (Wildman–Crippen MR) is 139 cm³/mol. The van der Waals surface area contributed by atoms with Crippen LogP contribution in [0.2, 0.25) is 4.34 Å². The first-order valence-electron chi connectivity index (χ1n) is 11.9. The molecule has 0 bridgehead atoms. The van der Waals surface area contributed by atoms with Gasteiger partial charge in [0, 0.05) is 42.1 Å². The van der Waals surface area contributed by atoms with Crippen molar-refractivity contribution in [3.63, 3.8) is 0 Å². The van der Waals surface area contributed by atoms with E-state index < -0.39 is 0 Å². The minimum absolute atomic E-state index is 0.0485. The molecule has 3 aromatic heterocycles. The number of piperidine rings is 1. The van der Waals surface area contributed by atoms with Crippen molar-refractivity contribution in [1.82, 2.24) is 19.9 Å². The highest BCUT2D eigenvalue weighted by Crippen LogP contribution is 2.32. The van der Waals surface area contributed by atoms with Crippen molar-refractivity contribution >= 4 is 39.7 Å². The number of thiophene rings is 1. The van der Waals surface area contributed by atoms with E-state index in [0.717, 1.165) is 47.3 Å². The summed E-state index contributed by atoms with van der Waals surface area (Å²) in [4.78, 5) is 16.8. The van der Waals surface area contributed by atoms with Crippen LogP contribution in [-0.2, 0) is 13.2 Å². The zero-order chi connectivity index (χ0) is 24.5. The standard InChI is InChI=1S/C26H29ClN4O3S/c1-16(2)30-9-7-19(8-10-30)28-26(33)22-12-18-11-17(15-32)3-4-21(18)31(22)14-20-13-23(34-29-20)24-5-6-25(27)35-24/h3-6,11-13,16,19,32H,7-10,14-15H2,1-2H3,(H,28,33). The lowest BCUT2D eigenvalue weighted by atomic mass is 10.0. The summed E-state index contributed by atoms with van der Waals surface area (Å²) >= 11 is 7.50. The molecule has 0 spiro atoms. The zero-order valence-electron chi connectivity index (χ0n) is 19.8. The third-order valence-corrected chi connectivity index (χ3v) is 7.92. The largest absolute Gasteiger partial charge is 0.392 e. The van der Waals surface area contributed by atoms with E-state index in [9.17, 15) is 9.90 Å². The number of nitrogens with one attached hydrogen (secondary N) is 1. The van der Waals surface area contributed by atoms with Crippen molar-refractivity contribution in [3.05, 3.63) is 63.8 Å². The van der Waals surface area contributed by atoms with Gasteiger partial charge in [-0.1, -0.05) is 22.8 Å². The molecule has 1 aliphatic heterocycles. The van der Waals surface area contributed by atoms with Gasteiger partial charge in [-0.15, -0.1) is 11.3 Å². The van der Waals surface area contributed by atoms with Gasteiger partial charge in [-0.25, -0.2) is 0 Å². The molecule has 1 amide bonds. The lowest BCUT2D eigenvalue weighted by Gasteiger charge is -2.34. The van der Waals surface area contributed by atoms with Crippen LogP contribution in [0.4, 0.5) is 0 Å². The van der Waals surface area contributed by atoms with Crippen LogP contribution in [0.1, 0.15) is 48.4 Å². The van der Waals surface area contributed by atoms with Crippen LogP contribution in [-0.4, -0.2) is 50.8 Å². The minimum Gasteiger partial charge on any atom is -0.392 e. The van der Waals surface area contributed by atoms with Crippen LogP contribution in [0.25, 0.3) is 21.5 Å². The lowest BCUT2D eigenvalue weighted by molar-refractivity contribution is 0.0892. The van der Waals surface area contributed by atoms with Gasteiger partial charge in [0.1, 0.15) is 11.4 Å². The number of aliphatic hydroxyl groups is 1. The van der Waals surface area contributed by atoms with E-state index >= 15 is 0 Å². The summed E-state index contributed by atoms with van der Waals surface area (Å²) < 4.78 is 8.22. The van der Waals surface area contributed by atoms with Gasteiger partial charge < -0.3 is 24.4 Å². The number of hydrogen-bond acceptors (Lipinski definition) is 6. The van der Waals surface area contributed by atoms with Crippen LogP contribution in [0.5, 0.6) is 0 Å². The van der Waals surface area contributed by atoms with E-state index in [1.54, 1.807) is 0 Å². The van der Waals surface area contributed by atoms with E-state index in [-0.39, 0.29) is 18.6 Å². The Morgan fingerprint density at radius 2 is 2.03 bits per heavy atom. The Morgan fingerprint density at radius 1 is 1.23 bits per heavy atom. The fourth-order valence-corrected chi connectivity index (χ4v) is 5.70. The van der Waals surface area contributed by atoms with Gasteiger partial charge in [0.2, 0.25) is 0 Å². The molecule has 35 heavy (non-hydrogen) atoms. The Hall–Kier alpha value is -2.65. The average Bonchev–Trinajstić information content (AvgIpc) is 3.58. The third kappa shape index (κ3) is 5.16. The highest BCUT2D eigenvalue weighted by atomic mass is 35.5. The predicted octanol–water partition coefficient (Wildman–Crippen LogP) is 5.15. The fourth-order valence-electron chi connectivity index (χ4n) is 4.71. The number of hydrogen-bond donors (Lipinski definition) is 2. The molecule has 0 saturated carbocycles. The molecule has 4 heterocycles. The Kier molecular flexibility index (Phi) is 6.98. The first-order valence-corrected chi connectivity index (χ1v) is 13.1. The third-order valence-electron chi connectivity index (χ3n) is 6.67. The van der Waals surface area contributed by atoms with E-state index in [2.05, 4.69) is 29.2 Å². The molecule has 1 aromatic carbocycles. The van der Waals surface area contributed by atoms with Gasteiger partial charge in [-0.2, -0.15) is 0 Å². The summed E-state index contributed by atoms with van der Waals surface area (Å²) in [6.45, 7) is 6.73. The molecule has 2 N–H and O–H groups in total. The zero-order valence-corrected chi connectivity index (χ0v) is 21.4. The van der Waals surface area contributed by atoms with Gasteiger partial charge >= 0.3 is 0 Å². The molecule has 1 fully saturated rings. The van der Waals surface area contributed by atoms with Crippen molar-refractivity contribution in [3.8, 4) is 10.6 Å².